The molecular formula is C10H15ClO. The molecule has 0 unspecified atom stereocenters. The third-order valence-corrected chi connectivity index (χ3v) is 4.13. The van der Waals surface area contributed by atoms with Gasteiger partial charge in [-0.3, -0.25) is 4.79 Å². The number of ketones is 1. The summed E-state index contributed by atoms with van der Waals surface area (Å²) in [5.74, 6) is 0.995. The normalized spacial score (nSPS) is 47.7. The highest BCUT2D eigenvalue weighted by atomic mass is 35.5. The SMILES string of the molecule is C[C@@]12CCC[C@H]1C[C@@H](Cl)C(=O)C2. The molecule has 1 nitrogen and oxygen atoms in total. The van der Waals surface area contributed by atoms with Crippen LogP contribution in [0.15, 0.2) is 0 Å². The lowest BCUT2D eigenvalue weighted by molar-refractivity contribution is -0.124. The topological polar surface area (TPSA) is 17.1 Å². The summed E-state index contributed by atoms with van der Waals surface area (Å²) in [6.07, 6.45) is 5.46. The Kier molecular flexibility index (Phi) is 1.95. The Morgan fingerprint density at radius 2 is 2.33 bits per heavy atom. The highest BCUT2D eigenvalue weighted by Crippen LogP contribution is 2.51. The molecule has 2 saturated carbocycles. The van der Waals surface area contributed by atoms with Gasteiger partial charge in [-0.2, -0.15) is 0 Å². The van der Waals surface area contributed by atoms with Crippen molar-refractivity contribution in [2.75, 3.05) is 0 Å². The Labute approximate surface area is 78.5 Å². The second kappa shape index (κ2) is 2.73. The number of carbonyl (C=O) groups is 1. The predicted octanol–water partition coefficient (Wildman–Crippen LogP) is 2.76. The fraction of sp³-hybridized carbons (Fsp3) is 0.900. The van der Waals surface area contributed by atoms with E-state index < -0.39 is 0 Å². The zero-order valence-corrected chi connectivity index (χ0v) is 8.23. The van der Waals surface area contributed by atoms with Gasteiger partial charge in [0.15, 0.2) is 5.78 Å². The molecule has 0 amide bonds. The number of carbonyl (C=O) groups excluding carboxylic acids is 1. The molecule has 2 rings (SSSR count). The minimum absolute atomic E-state index is 0.179. The van der Waals surface area contributed by atoms with E-state index in [2.05, 4.69) is 6.92 Å². The minimum atomic E-state index is -0.179. The van der Waals surface area contributed by atoms with Crippen molar-refractivity contribution in [3.63, 3.8) is 0 Å². The van der Waals surface area contributed by atoms with E-state index >= 15 is 0 Å². The average Bonchev–Trinajstić information content (AvgIpc) is 2.32. The first-order valence-corrected chi connectivity index (χ1v) is 5.22. The fourth-order valence-corrected chi connectivity index (χ4v) is 3.12. The summed E-state index contributed by atoms with van der Waals surface area (Å²) in [5.41, 5.74) is 0.308. The van der Waals surface area contributed by atoms with Crippen molar-refractivity contribution in [1.82, 2.24) is 0 Å². The third-order valence-electron chi connectivity index (χ3n) is 3.70. The summed E-state index contributed by atoms with van der Waals surface area (Å²) in [6, 6.07) is 0. The average molecular weight is 187 g/mol. The van der Waals surface area contributed by atoms with Crippen molar-refractivity contribution in [2.45, 2.75) is 44.4 Å². The van der Waals surface area contributed by atoms with Crippen molar-refractivity contribution in [3.05, 3.63) is 0 Å². The lowest BCUT2D eigenvalue weighted by atomic mass is 9.69. The second-order valence-corrected chi connectivity index (χ2v) is 5.12. The van der Waals surface area contributed by atoms with Crippen molar-refractivity contribution in [2.24, 2.45) is 11.3 Å². The van der Waals surface area contributed by atoms with E-state index in [4.69, 9.17) is 11.6 Å². The standard InChI is InChI=1S/C10H15ClO/c1-10-4-2-3-7(10)5-8(11)9(12)6-10/h7-8H,2-6H2,1H3/t7-,8+,10-/m0/s1. The van der Waals surface area contributed by atoms with Gasteiger partial charge in [0, 0.05) is 6.42 Å². The van der Waals surface area contributed by atoms with Crippen molar-refractivity contribution in [3.8, 4) is 0 Å². The maximum Gasteiger partial charge on any atom is 0.151 e. The monoisotopic (exact) mass is 186 g/mol. The number of halogens is 1. The molecule has 0 heterocycles. The summed E-state index contributed by atoms with van der Waals surface area (Å²) >= 11 is 5.95. The molecule has 3 atom stereocenters. The molecule has 0 aromatic carbocycles. The summed E-state index contributed by atoms with van der Waals surface area (Å²) in [7, 11) is 0. The molecule has 0 bridgehead atoms. The Bertz CT molecular complexity index is 214. The van der Waals surface area contributed by atoms with Gasteiger partial charge in [-0.05, 0) is 30.6 Å². The number of fused-ring (bicyclic) bond motifs is 1. The largest absolute Gasteiger partial charge is 0.298 e. The Hall–Kier alpha value is -0.0400. The van der Waals surface area contributed by atoms with Crippen LogP contribution in [0.25, 0.3) is 0 Å². The second-order valence-electron chi connectivity index (χ2n) is 4.59. The molecule has 0 saturated heterocycles. The first-order valence-electron chi connectivity index (χ1n) is 4.79. The molecule has 2 aliphatic rings. The van der Waals surface area contributed by atoms with Gasteiger partial charge < -0.3 is 0 Å². The highest BCUT2D eigenvalue weighted by molar-refractivity contribution is 6.31. The van der Waals surface area contributed by atoms with Crippen molar-refractivity contribution >= 4 is 17.4 Å². The number of rotatable bonds is 0. The van der Waals surface area contributed by atoms with Crippen LogP contribution >= 0.6 is 11.6 Å². The number of alkyl halides is 1. The van der Waals surface area contributed by atoms with Crippen molar-refractivity contribution < 1.29 is 4.79 Å². The van der Waals surface area contributed by atoms with Crippen LogP contribution in [0.4, 0.5) is 0 Å². The highest BCUT2D eigenvalue weighted by Gasteiger charge is 2.45. The Balaban J connectivity index is 2.17. The van der Waals surface area contributed by atoms with Crippen LogP contribution in [-0.4, -0.2) is 11.2 Å². The fourth-order valence-electron chi connectivity index (χ4n) is 2.83. The number of Topliss-reactive ketones (excluding diaryl/α,β-unsaturated/α-hetero) is 1. The summed E-state index contributed by atoms with van der Waals surface area (Å²) in [4.78, 5) is 11.4. The van der Waals surface area contributed by atoms with E-state index in [9.17, 15) is 4.79 Å². The van der Waals surface area contributed by atoms with E-state index in [0.717, 1.165) is 18.8 Å². The van der Waals surface area contributed by atoms with E-state index in [-0.39, 0.29) is 11.2 Å². The summed E-state index contributed by atoms with van der Waals surface area (Å²) in [6.45, 7) is 2.26. The van der Waals surface area contributed by atoms with Gasteiger partial charge in [-0.15, -0.1) is 11.6 Å². The van der Waals surface area contributed by atoms with Crippen LogP contribution in [0.3, 0.4) is 0 Å². The molecule has 2 aliphatic carbocycles. The molecule has 2 heteroatoms. The van der Waals surface area contributed by atoms with Crippen LogP contribution in [0.2, 0.25) is 0 Å². The molecular weight excluding hydrogens is 172 g/mol. The lowest BCUT2D eigenvalue weighted by Gasteiger charge is -2.37. The first-order chi connectivity index (χ1) is 5.62. The first kappa shape index (κ1) is 8.55. The van der Waals surface area contributed by atoms with Crippen LogP contribution in [-0.2, 0) is 4.79 Å². The molecule has 68 valence electrons. The van der Waals surface area contributed by atoms with Gasteiger partial charge in [-0.1, -0.05) is 13.3 Å². The van der Waals surface area contributed by atoms with Crippen LogP contribution in [0.5, 0.6) is 0 Å². The van der Waals surface area contributed by atoms with Crippen LogP contribution in [0.1, 0.15) is 39.0 Å². The molecule has 0 N–H and O–H groups in total. The molecule has 0 radical (unpaired) electrons. The zero-order chi connectivity index (χ0) is 8.77. The third kappa shape index (κ3) is 1.19. The van der Waals surface area contributed by atoms with Gasteiger partial charge in [0.1, 0.15) is 0 Å². The van der Waals surface area contributed by atoms with Gasteiger partial charge >= 0.3 is 0 Å². The Morgan fingerprint density at radius 3 is 3.08 bits per heavy atom. The number of hydrogen-bond donors (Lipinski definition) is 0. The van der Waals surface area contributed by atoms with E-state index in [0.29, 0.717) is 5.41 Å². The Morgan fingerprint density at radius 1 is 1.58 bits per heavy atom. The minimum Gasteiger partial charge on any atom is -0.298 e. The van der Waals surface area contributed by atoms with Gasteiger partial charge in [0.2, 0.25) is 0 Å². The van der Waals surface area contributed by atoms with Crippen LogP contribution in [0, 0.1) is 11.3 Å². The van der Waals surface area contributed by atoms with E-state index in [1.807, 2.05) is 0 Å². The molecule has 0 aliphatic heterocycles. The van der Waals surface area contributed by atoms with Crippen LogP contribution < -0.4 is 0 Å². The molecule has 2 fully saturated rings. The van der Waals surface area contributed by atoms with Gasteiger partial charge in [0.05, 0.1) is 5.38 Å². The van der Waals surface area contributed by atoms with E-state index in [1.54, 1.807) is 0 Å². The van der Waals surface area contributed by atoms with Crippen molar-refractivity contribution in [1.29, 1.82) is 0 Å². The predicted molar refractivity (Wildman–Crippen MR) is 49.3 cm³/mol. The smallest absolute Gasteiger partial charge is 0.151 e. The van der Waals surface area contributed by atoms with E-state index in [1.165, 1.54) is 19.3 Å². The molecule has 12 heavy (non-hydrogen) atoms. The van der Waals surface area contributed by atoms with Gasteiger partial charge in [-0.25, -0.2) is 0 Å². The zero-order valence-electron chi connectivity index (χ0n) is 7.48. The molecule has 0 spiro atoms. The molecule has 0 aromatic heterocycles. The molecule has 0 aromatic rings. The summed E-state index contributed by atoms with van der Waals surface area (Å²) < 4.78 is 0. The quantitative estimate of drug-likeness (QED) is 0.532. The maximum absolute atomic E-state index is 11.4. The lowest BCUT2D eigenvalue weighted by Crippen LogP contribution is -2.37. The maximum atomic E-state index is 11.4. The number of hydrogen-bond acceptors (Lipinski definition) is 1. The van der Waals surface area contributed by atoms with Gasteiger partial charge in [0.25, 0.3) is 0 Å². The summed E-state index contributed by atoms with van der Waals surface area (Å²) in [5, 5.41) is -0.179.